The minimum atomic E-state index is -0.169. The lowest BCUT2D eigenvalue weighted by Crippen LogP contribution is -2.06. The number of hydrogen-bond donors (Lipinski definition) is 0. The van der Waals surface area contributed by atoms with E-state index in [2.05, 4.69) is 11.2 Å². The Morgan fingerprint density at radius 1 is 1.42 bits per heavy atom. The summed E-state index contributed by atoms with van der Waals surface area (Å²) in [5, 5.41) is 13.0. The Labute approximate surface area is 72.6 Å². The fourth-order valence-corrected chi connectivity index (χ4v) is 1.18. The lowest BCUT2D eigenvalue weighted by atomic mass is 10.2. The number of aromatic nitrogens is 2. The van der Waals surface area contributed by atoms with Gasteiger partial charge in [0.25, 0.3) is 0 Å². The Morgan fingerprint density at radius 3 is 2.33 bits per heavy atom. The van der Waals surface area contributed by atoms with Gasteiger partial charge in [0.05, 0.1) is 11.8 Å². The van der Waals surface area contributed by atoms with Crippen molar-refractivity contribution in [3.8, 4) is 6.07 Å². The van der Waals surface area contributed by atoms with E-state index in [1.807, 2.05) is 27.7 Å². The van der Waals surface area contributed by atoms with E-state index in [1.54, 1.807) is 4.68 Å². The summed E-state index contributed by atoms with van der Waals surface area (Å²) in [6, 6.07) is 1.99. The van der Waals surface area contributed by atoms with Crippen molar-refractivity contribution in [2.24, 2.45) is 0 Å². The molecule has 0 fully saturated rings. The second kappa shape index (κ2) is 2.98. The summed E-state index contributed by atoms with van der Waals surface area (Å²) < 4.78 is 1.77. The van der Waals surface area contributed by atoms with Gasteiger partial charge in [0.1, 0.15) is 6.04 Å². The van der Waals surface area contributed by atoms with E-state index in [9.17, 15) is 0 Å². The van der Waals surface area contributed by atoms with Crippen molar-refractivity contribution in [3.63, 3.8) is 0 Å². The SMILES string of the molecule is Cc1nn(C(C)C#N)c(C)c1C. The second-order valence-corrected chi connectivity index (χ2v) is 3.05. The van der Waals surface area contributed by atoms with Crippen molar-refractivity contribution in [2.75, 3.05) is 0 Å². The minimum Gasteiger partial charge on any atom is -0.252 e. The Hall–Kier alpha value is -1.30. The zero-order valence-corrected chi connectivity index (χ0v) is 7.92. The molecule has 1 atom stereocenters. The Morgan fingerprint density at radius 2 is 2.00 bits per heavy atom. The molecule has 64 valence electrons. The van der Waals surface area contributed by atoms with Gasteiger partial charge < -0.3 is 0 Å². The molecule has 1 unspecified atom stereocenters. The predicted molar refractivity (Wildman–Crippen MR) is 46.8 cm³/mol. The molecule has 1 heterocycles. The first-order chi connectivity index (χ1) is 5.57. The van der Waals surface area contributed by atoms with E-state index in [-0.39, 0.29) is 6.04 Å². The molecule has 0 spiro atoms. The minimum absolute atomic E-state index is 0.169. The molecule has 1 aromatic heterocycles. The first kappa shape index (κ1) is 8.79. The zero-order chi connectivity index (χ0) is 9.30. The van der Waals surface area contributed by atoms with Crippen molar-refractivity contribution in [3.05, 3.63) is 17.0 Å². The van der Waals surface area contributed by atoms with Crippen molar-refractivity contribution >= 4 is 0 Å². The first-order valence-electron chi connectivity index (χ1n) is 4.00. The maximum absolute atomic E-state index is 8.70. The molecular weight excluding hydrogens is 150 g/mol. The fourth-order valence-electron chi connectivity index (χ4n) is 1.18. The van der Waals surface area contributed by atoms with Crippen LogP contribution in [0.5, 0.6) is 0 Å². The molecule has 3 heteroatoms. The van der Waals surface area contributed by atoms with Crippen LogP contribution in [0.25, 0.3) is 0 Å². The summed E-state index contributed by atoms with van der Waals surface area (Å²) in [4.78, 5) is 0. The highest BCUT2D eigenvalue weighted by Gasteiger charge is 2.11. The van der Waals surface area contributed by atoms with Gasteiger partial charge in [-0.2, -0.15) is 10.4 Å². The zero-order valence-electron chi connectivity index (χ0n) is 7.92. The molecule has 0 saturated carbocycles. The largest absolute Gasteiger partial charge is 0.252 e. The van der Waals surface area contributed by atoms with Crippen molar-refractivity contribution in [1.82, 2.24) is 9.78 Å². The molecule has 0 aliphatic heterocycles. The molecule has 0 aromatic carbocycles. The average molecular weight is 163 g/mol. The third-order valence-electron chi connectivity index (χ3n) is 2.24. The van der Waals surface area contributed by atoms with Gasteiger partial charge in [0.2, 0.25) is 0 Å². The number of nitriles is 1. The quantitative estimate of drug-likeness (QED) is 0.634. The predicted octanol–water partition coefficient (Wildman–Crippen LogP) is 1.89. The molecule has 12 heavy (non-hydrogen) atoms. The third-order valence-corrected chi connectivity index (χ3v) is 2.24. The molecule has 0 N–H and O–H groups in total. The van der Waals surface area contributed by atoms with Gasteiger partial charge in [0.15, 0.2) is 0 Å². The topological polar surface area (TPSA) is 41.6 Å². The molecular formula is C9H13N3. The maximum atomic E-state index is 8.70. The van der Waals surface area contributed by atoms with E-state index in [0.29, 0.717) is 0 Å². The van der Waals surface area contributed by atoms with Crippen LogP contribution in [-0.2, 0) is 0 Å². The Kier molecular flexibility index (Phi) is 2.18. The van der Waals surface area contributed by atoms with Crippen LogP contribution in [0, 0.1) is 32.1 Å². The number of hydrogen-bond acceptors (Lipinski definition) is 2. The number of rotatable bonds is 1. The highest BCUT2D eigenvalue weighted by Crippen LogP contribution is 2.15. The van der Waals surface area contributed by atoms with E-state index in [4.69, 9.17) is 5.26 Å². The molecule has 0 amide bonds. The average Bonchev–Trinajstić information content (AvgIpc) is 2.32. The van der Waals surface area contributed by atoms with Crippen molar-refractivity contribution in [2.45, 2.75) is 33.7 Å². The molecule has 0 radical (unpaired) electrons. The highest BCUT2D eigenvalue weighted by atomic mass is 15.3. The molecule has 0 saturated heterocycles. The Bertz CT molecular complexity index is 330. The van der Waals surface area contributed by atoms with Gasteiger partial charge in [0, 0.05) is 5.69 Å². The van der Waals surface area contributed by atoms with Crippen LogP contribution in [0.15, 0.2) is 0 Å². The summed E-state index contributed by atoms with van der Waals surface area (Å²) in [6.07, 6.45) is 0. The molecule has 1 rings (SSSR count). The van der Waals surface area contributed by atoms with E-state index >= 15 is 0 Å². The van der Waals surface area contributed by atoms with Crippen LogP contribution >= 0.6 is 0 Å². The van der Waals surface area contributed by atoms with Crippen LogP contribution < -0.4 is 0 Å². The van der Waals surface area contributed by atoms with Crippen LogP contribution in [0.2, 0.25) is 0 Å². The van der Waals surface area contributed by atoms with Gasteiger partial charge in [-0.05, 0) is 33.3 Å². The van der Waals surface area contributed by atoms with Crippen molar-refractivity contribution < 1.29 is 0 Å². The number of aryl methyl sites for hydroxylation is 1. The summed E-state index contributed by atoms with van der Waals surface area (Å²) >= 11 is 0. The van der Waals surface area contributed by atoms with E-state index in [1.165, 1.54) is 5.56 Å². The summed E-state index contributed by atoms with van der Waals surface area (Å²) in [7, 11) is 0. The van der Waals surface area contributed by atoms with Crippen LogP contribution in [-0.4, -0.2) is 9.78 Å². The lowest BCUT2D eigenvalue weighted by Gasteiger charge is -2.04. The Balaban J connectivity index is 3.20. The lowest BCUT2D eigenvalue weighted by molar-refractivity contribution is 0.570. The van der Waals surface area contributed by atoms with Gasteiger partial charge >= 0.3 is 0 Å². The van der Waals surface area contributed by atoms with E-state index in [0.717, 1.165) is 11.4 Å². The molecule has 0 bridgehead atoms. The van der Waals surface area contributed by atoms with Gasteiger partial charge in [-0.15, -0.1) is 0 Å². The van der Waals surface area contributed by atoms with Crippen LogP contribution in [0.4, 0.5) is 0 Å². The van der Waals surface area contributed by atoms with E-state index < -0.39 is 0 Å². The number of nitrogens with zero attached hydrogens (tertiary/aromatic N) is 3. The van der Waals surface area contributed by atoms with Crippen LogP contribution in [0.3, 0.4) is 0 Å². The third kappa shape index (κ3) is 1.20. The first-order valence-corrected chi connectivity index (χ1v) is 4.00. The molecule has 0 aliphatic carbocycles. The summed E-state index contributed by atoms with van der Waals surface area (Å²) in [6.45, 7) is 7.82. The second-order valence-electron chi connectivity index (χ2n) is 3.05. The smallest absolute Gasteiger partial charge is 0.136 e. The normalized spacial score (nSPS) is 12.6. The molecule has 1 aromatic rings. The fraction of sp³-hybridized carbons (Fsp3) is 0.556. The standard InChI is InChI=1S/C9H13N3/c1-6(5-10)12-9(4)7(2)8(3)11-12/h6H,1-4H3. The summed E-state index contributed by atoms with van der Waals surface area (Å²) in [5.41, 5.74) is 3.27. The molecule has 0 aliphatic rings. The van der Waals surface area contributed by atoms with Crippen molar-refractivity contribution in [1.29, 1.82) is 5.26 Å². The molecule has 3 nitrogen and oxygen atoms in total. The highest BCUT2D eigenvalue weighted by molar-refractivity contribution is 5.23. The van der Waals surface area contributed by atoms with Crippen LogP contribution in [0.1, 0.15) is 29.9 Å². The van der Waals surface area contributed by atoms with Gasteiger partial charge in [-0.3, -0.25) is 4.68 Å². The summed E-state index contributed by atoms with van der Waals surface area (Å²) in [5.74, 6) is 0. The maximum Gasteiger partial charge on any atom is 0.136 e. The van der Waals surface area contributed by atoms with Gasteiger partial charge in [-0.25, -0.2) is 0 Å². The monoisotopic (exact) mass is 163 g/mol. The van der Waals surface area contributed by atoms with Gasteiger partial charge in [-0.1, -0.05) is 0 Å².